The summed E-state index contributed by atoms with van der Waals surface area (Å²) in [5, 5.41) is 10.8. The molecule has 30 heavy (non-hydrogen) atoms. The molecule has 0 aliphatic carbocycles. The molecule has 1 aliphatic rings. The first-order valence-electron chi connectivity index (χ1n) is 10.2. The van der Waals surface area contributed by atoms with E-state index in [1.807, 2.05) is 68.2 Å². The van der Waals surface area contributed by atoms with Crippen LogP contribution in [0.15, 0.2) is 42.7 Å². The SMILES string of the molecule is CN1CCN(C(=O)C(C)(c2ccccc2)N(C)C)CC1CNC(=O)Cn1nccn1. The maximum absolute atomic E-state index is 13.6. The van der Waals surface area contributed by atoms with Gasteiger partial charge in [-0.2, -0.15) is 15.0 Å². The highest BCUT2D eigenvalue weighted by atomic mass is 16.2. The van der Waals surface area contributed by atoms with Gasteiger partial charge in [-0.15, -0.1) is 0 Å². The molecule has 2 amide bonds. The van der Waals surface area contributed by atoms with Crippen LogP contribution >= 0.6 is 0 Å². The van der Waals surface area contributed by atoms with E-state index >= 15 is 0 Å². The van der Waals surface area contributed by atoms with E-state index in [0.29, 0.717) is 19.6 Å². The second kappa shape index (κ2) is 9.36. The summed E-state index contributed by atoms with van der Waals surface area (Å²) in [4.78, 5) is 33.2. The first kappa shape index (κ1) is 21.9. The minimum Gasteiger partial charge on any atom is -0.353 e. The van der Waals surface area contributed by atoms with Gasteiger partial charge in [0.2, 0.25) is 11.8 Å². The Kier molecular flexibility index (Phi) is 6.84. The smallest absolute Gasteiger partial charge is 0.247 e. The standard InChI is InChI=1S/C21H31N7O2/c1-21(25(2)3,17-8-6-5-7-9-17)20(30)27-13-12-26(4)18(15-27)14-22-19(29)16-28-23-10-11-24-28/h5-11,18H,12-16H2,1-4H3,(H,22,29). The number of hydrogen-bond donors (Lipinski definition) is 1. The number of rotatable bonds is 7. The van der Waals surface area contributed by atoms with E-state index in [0.717, 1.165) is 12.1 Å². The first-order valence-corrected chi connectivity index (χ1v) is 10.2. The summed E-state index contributed by atoms with van der Waals surface area (Å²) in [6.45, 7) is 4.49. The first-order chi connectivity index (χ1) is 14.3. The summed E-state index contributed by atoms with van der Waals surface area (Å²) in [6, 6.07) is 9.91. The van der Waals surface area contributed by atoms with Gasteiger partial charge in [0.15, 0.2) is 0 Å². The average Bonchev–Trinajstić information content (AvgIpc) is 3.25. The molecule has 1 aromatic carbocycles. The lowest BCUT2D eigenvalue weighted by molar-refractivity contribution is -0.145. The van der Waals surface area contributed by atoms with Gasteiger partial charge in [0.05, 0.1) is 12.4 Å². The molecule has 9 nitrogen and oxygen atoms in total. The van der Waals surface area contributed by atoms with E-state index in [4.69, 9.17) is 0 Å². The number of carbonyl (C=O) groups is 2. The lowest BCUT2D eigenvalue weighted by Gasteiger charge is -2.45. The van der Waals surface area contributed by atoms with Gasteiger partial charge in [0, 0.05) is 32.2 Å². The van der Waals surface area contributed by atoms with E-state index in [2.05, 4.69) is 20.4 Å². The molecule has 162 valence electrons. The predicted octanol–water partition coefficient (Wildman–Crippen LogP) is 0.0139. The van der Waals surface area contributed by atoms with Crippen molar-refractivity contribution in [3.05, 3.63) is 48.3 Å². The zero-order valence-corrected chi connectivity index (χ0v) is 18.2. The van der Waals surface area contributed by atoms with E-state index in [1.54, 1.807) is 12.4 Å². The summed E-state index contributed by atoms with van der Waals surface area (Å²) in [5.41, 5.74) is 0.215. The topological polar surface area (TPSA) is 86.6 Å². The lowest BCUT2D eigenvalue weighted by Crippen LogP contribution is -2.61. The molecule has 3 rings (SSSR count). The highest BCUT2D eigenvalue weighted by Crippen LogP contribution is 2.29. The predicted molar refractivity (Wildman–Crippen MR) is 114 cm³/mol. The Morgan fingerprint density at radius 2 is 1.83 bits per heavy atom. The summed E-state index contributed by atoms with van der Waals surface area (Å²) < 4.78 is 0. The van der Waals surface area contributed by atoms with Gasteiger partial charge in [-0.05, 0) is 33.6 Å². The molecule has 0 spiro atoms. The number of piperazine rings is 1. The lowest BCUT2D eigenvalue weighted by atomic mass is 9.88. The molecule has 2 unspecified atom stereocenters. The van der Waals surface area contributed by atoms with Crippen molar-refractivity contribution in [3.63, 3.8) is 0 Å². The van der Waals surface area contributed by atoms with Crippen molar-refractivity contribution in [2.45, 2.75) is 25.0 Å². The number of amides is 2. The fraction of sp³-hybridized carbons (Fsp3) is 0.524. The summed E-state index contributed by atoms with van der Waals surface area (Å²) in [5.74, 6) is -0.0747. The molecular formula is C21H31N7O2. The molecule has 1 saturated heterocycles. The van der Waals surface area contributed by atoms with Crippen molar-refractivity contribution in [1.82, 2.24) is 35.0 Å². The second-order valence-corrected chi connectivity index (χ2v) is 8.08. The summed E-state index contributed by atoms with van der Waals surface area (Å²) >= 11 is 0. The molecule has 1 fully saturated rings. The van der Waals surface area contributed by atoms with Crippen LogP contribution in [-0.2, 0) is 21.7 Å². The van der Waals surface area contributed by atoms with Crippen LogP contribution in [-0.4, -0.2) is 94.9 Å². The van der Waals surface area contributed by atoms with Crippen LogP contribution in [0.4, 0.5) is 0 Å². The van der Waals surface area contributed by atoms with Crippen molar-refractivity contribution in [1.29, 1.82) is 0 Å². The van der Waals surface area contributed by atoms with Crippen molar-refractivity contribution < 1.29 is 9.59 Å². The van der Waals surface area contributed by atoms with Crippen molar-refractivity contribution in [2.24, 2.45) is 0 Å². The van der Waals surface area contributed by atoms with E-state index in [-0.39, 0.29) is 24.4 Å². The Hall–Kier alpha value is -2.78. The monoisotopic (exact) mass is 413 g/mol. The number of likely N-dealkylation sites (N-methyl/N-ethyl adjacent to an activating group) is 2. The van der Waals surface area contributed by atoms with Crippen LogP contribution in [0.25, 0.3) is 0 Å². The number of nitrogens with zero attached hydrogens (tertiary/aromatic N) is 6. The molecule has 1 aromatic heterocycles. The molecule has 1 aliphatic heterocycles. The normalized spacial score (nSPS) is 19.5. The third-order valence-electron chi connectivity index (χ3n) is 6.00. The van der Waals surface area contributed by atoms with Crippen LogP contribution in [0.1, 0.15) is 12.5 Å². The second-order valence-electron chi connectivity index (χ2n) is 8.08. The van der Waals surface area contributed by atoms with Gasteiger partial charge >= 0.3 is 0 Å². The molecule has 2 aromatic rings. The maximum atomic E-state index is 13.6. The highest BCUT2D eigenvalue weighted by molar-refractivity contribution is 5.87. The molecule has 2 atom stereocenters. The fourth-order valence-corrected chi connectivity index (χ4v) is 3.74. The van der Waals surface area contributed by atoms with Gasteiger partial charge in [0.1, 0.15) is 12.1 Å². The largest absolute Gasteiger partial charge is 0.353 e. The molecule has 0 saturated carbocycles. The zero-order valence-electron chi connectivity index (χ0n) is 18.2. The van der Waals surface area contributed by atoms with Crippen LogP contribution < -0.4 is 5.32 Å². The average molecular weight is 414 g/mol. The number of carbonyl (C=O) groups excluding carboxylic acids is 2. The van der Waals surface area contributed by atoms with Crippen LogP contribution in [0, 0.1) is 0 Å². The van der Waals surface area contributed by atoms with Crippen molar-refractivity contribution >= 4 is 11.8 Å². The number of aromatic nitrogens is 3. The highest BCUT2D eigenvalue weighted by Gasteiger charge is 2.42. The summed E-state index contributed by atoms with van der Waals surface area (Å²) in [7, 11) is 5.89. The molecule has 2 heterocycles. The number of hydrogen-bond acceptors (Lipinski definition) is 6. The van der Waals surface area contributed by atoms with E-state index in [1.165, 1.54) is 4.80 Å². The summed E-state index contributed by atoms with van der Waals surface area (Å²) in [6.07, 6.45) is 3.08. The molecule has 0 radical (unpaired) electrons. The van der Waals surface area contributed by atoms with E-state index in [9.17, 15) is 9.59 Å². The molecular weight excluding hydrogens is 382 g/mol. The van der Waals surface area contributed by atoms with E-state index < -0.39 is 5.54 Å². The van der Waals surface area contributed by atoms with Crippen molar-refractivity contribution in [2.75, 3.05) is 47.3 Å². The fourth-order valence-electron chi connectivity index (χ4n) is 3.74. The zero-order chi connectivity index (χ0) is 21.7. The van der Waals surface area contributed by atoms with Crippen LogP contribution in [0.5, 0.6) is 0 Å². The molecule has 1 N–H and O–H groups in total. The molecule has 9 heteroatoms. The van der Waals surface area contributed by atoms with Gasteiger partial charge in [0.25, 0.3) is 0 Å². The Balaban J connectivity index is 1.66. The minimum absolute atomic E-state index is 0.0411. The molecule has 0 bridgehead atoms. The number of nitrogens with one attached hydrogen (secondary N) is 1. The van der Waals surface area contributed by atoms with Crippen LogP contribution in [0.2, 0.25) is 0 Å². The third-order valence-corrected chi connectivity index (χ3v) is 6.00. The Morgan fingerprint density at radius 1 is 1.17 bits per heavy atom. The Bertz CT molecular complexity index is 840. The minimum atomic E-state index is -0.753. The third kappa shape index (κ3) is 4.68. The van der Waals surface area contributed by atoms with Gasteiger partial charge < -0.3 is 10.2 Å². The Labute approximate surface area is 177 Å². The quantitative estimate of drug-likeness (QED) is 0.688. The van der Waals surface area contributed by atoms with Crippen molar-refractivity contribution in [3.8, 4) is 0 Å². The van der Waals surface area contributed by atoms with Gasteiger partial charge in [-0.3, -0.25) is 19.4 Å². The van der Waals surface area contributed by atoms with Crippen LogP contribution in [0.3, 0.4) is 0 Å². The Morgan fingerprint density at radius 3 is 2.47 bits per heavy atom. The number of benzene rings is 1. The van der Waals surface area contributed by atoms with Gasteiger partial charge in [-0.25, -0.2) is 0 Å². The van der Waals surface area contributed by atoms with Gasteiger partial charge in [-0.1, -0.05) is 30.3 Å². The maximum Gasteiger partial charge on any atom is 0.247 e.